The molecule has 0 saturated carbocycles. The Morgan fingerprint density at radius 3 is 2.60 bits per heavy atom. The molecular formula is C15H16N4O. The van der Waals surface area contributed by atoms with Gasteiger partial charge in [-0.3, -0.25) is 9.88 Å². The molecule has 1 fully saturated rings. The molecule has 1 saturated heterocycles. The molecule has 1 aromatic carbocycles. The van der Waals surface area contributed by atoms with Gasteiger partial charge in [0.1, 0.15) is 0 Å². The first-order valence-electron chi connectivity index (χ1n) is 6.55. The SMILES string of the molecule is Nc1ccccc1N1CCN(Cc2ccncc2)C1=O. The molecule has 2 heterocycles. The lowest BCUT2D eigenvalue weighted by Crippen LogP contribution is -2.31. The van der Waals surface area contributed by atoms with Crippen molar-refractivity contribution in [2.45, 2.75) is 6.54 Å². The van der Waals surface area contributed by atoms with E-state index in [1.165, 1.54) is 0 Å². The van der Waals surface area contributed by atoms with E-state index in [1.54, 1.807) is 17.3 Å². The first-order valence-corrected chi connectivity index (χ1v) is 6.55. The van der Waals surface area contributed by atoms with Gasteiger partial charge >= 0.3 is 6.03 Å². The first-order chi connectivity index (χ1) is 9.75. The number of rotatable bonds is 3. The number of pyridine rings is 1. The number of nitrogens with two attached hydrogens (primary N) is 1. The van der Waals surface area contributed by atoms with Crippen LogP contribution in [0.3, 0.4) is 0 Å². The van der Waals surface area contributed by atoms with Crippen LogP contribution in [0.15, 0.2) is 48.8 Å². The third-order valence-electron chi connectivity index (χ3n) is 3.45. The Morgan fingerprint density at radius 1 is 1.10 bits per heavy atom. The van der Waals surface area contributed by atoms with Gasteiger partial charge in [0.25, 0.3) is 0 Å². The fourth-order valence-corrected chi connectivity index (χ4v) is 2.39. The number of benzene rings is 1. The summed E-state index contributed by atoms with van der Waals surface area (Å²) in [5, 5.41) is 0. The van der Waals surface area contributed by atoms with Crippen molar-refractivity contribution < 1.29 is 4.79 Å². The molecule has 102 valence electrons. The molecule has 0 spiro atoms. The van der Waals surface area contributed by atoms with Gasteiger partial charge in [0.15, 0.2) is 0 Å². The number of hydrogen-bond acceptors (Lipinski definition) is 3. The number of para-hydroxylation sites is 2. The Bertz CT molecular complexity index is 614. The number of carbonyl (C=O) groups excluding carboxylic acids is 1. The van der Waals surface area contributed by atoms with E-state index in [-0.39, 0.29) is 6.03 Å². The van der Waals surface area contributed by atoms with Crippen LogP contribution in [-0.2, 0) is 6.54 Å². The highest BCUT2D eigenvalue weighted by Crippen LogP contribution is 2.26. The zero-order chi connectivity index (χ0) is 13.9. The van der Waals surface area contributed by atoms with E-state index < -0.39 is 0 Å². The Kier molecular flexibility index (Phi) is 3.25. The quantitative estimate of drug-likeness (QED) is 0.867. The monoisotopic (exact) mass is 268 g/mol. The Balaban J connectivity index is 1.76. The van der Waals surface area contributed by atoms with Crippen LogP contribution in [0.1, 0.15) is 5.56 Å². The summed E-state index contributed by atoms with van der Waals surface area (Å²) in [7, 11) is 0. The van der Waals surface area contributed by atoms with Crippen molar-refractivity contribution in [3.63, 3.8) is 0 Å². The molecule has 0 aliphatic carbocycles. The van der Waals surface area contributed by atoms with Gasteiger partial charge in [0.2, 0.25) is 0 Å². The summed E-state index contributed by atoms with van der Waals surface area (Å²) in [6.07, 6.45) is 3.48. The highest BCUT2D eigenvalue weighted by molar-refractivity contribution is 5.96. The minimum Gasteiger partial charge on any atom is -0.397 e. The topological polar surface area (TPSA) is 62.5 Å². The summed E-state index contributed by atoms with van der Waals surface area (Å²) >= 11 is 0. The van der Waals surface area contributed by atoms with Crippen molar-refractivity contribution in [2.24, 2.45) is 0 Å². The van der Waals surface area contributed by atoms with E-state index in [9.17, 15) is 4.79 Å². The predicted molar refractivity (Wildman–Crippen MR) is 78.2 cm³/mol. The Morgan fingerprint density at radius 2 is 1.85 bits per heavy atom. The van der Waals surface area contributed by atoms with Gasteiger partial charge in [-0.15, -0.1) is 0 Å². The molecule has 1 aliphatic heterocycles. The molecule has 0 unspecified atom stereocenters. The lowest BCUT2D eigenvalue weighted by molar-refractivity contribution is 0.219. The number of amides is 2. The molecule has 1 aromatic heterocycles. The molecule has 0 radical (unpaired) electrons. The van der Waals surface area contributed by atoms with Crippen molar-refractivity contribution in [3.05, 3.63) is 54.4 Å². The standard InChI is InChI=1S/C15H16N4O/c16-13-3-1-2-4-14(13)19-10-9-18(15(19)20)11-12-5-7-17-8-6-12/h1-8H,9-11,16H2. The third-order valence-corrected chi connectivity index (χ3v) is 3.45. The Hall–Kier alpha value is -2.56. The van der Waals surface area contributed by atoms with Crippen LogP contribution >= 0.6 is 0 Å². The normalized spacial score (nSPS) is 14.9. The summed E-state index contributed by atoms with van der Waals surface area (Å²) in [4.78, 5) is 20.0. The van der Waals surface area contributed by atoms with E-state index >= 15 is 0 Å². The number of hydrogen-bond donors (Lipinski definition) is 1. The molecule has 0 bridgehead atoms. The molecule has 0 atom stereocenters. The van der Waals surface area contributed by atoms with Gasteiger partial charge in [-0.05, 0) is 29.8 Å². The lowest BCUT2D eigenvalue weighted by atomic mass is 10.2. The largest absolute Gasteiger partial charge is 0.397 e. The summed E-state index contributed by atoms with van der Waals surface area (Å²) in [5.41, 5.74) is 8.44. The molecule has 5 heteroatoms. The van der Waals surface area contributed by atoms with Crippen LogP contribution in [0.2, 0.25) is 0 Å². The van der Waals surface area contributed by atoms with Gasteiger partial charge in [-0.25, -0.2) is 4.79 Å². The number of nitrogens with zero attached hydrogens (tertiary/aromatic N) is 3. The van der Waals surface area contributed by atoms with Crippen LogP contribution in [-0.4, -0.2) is 29.0 Å². The maximum atomic E-state index is 12.4. The van der Waals surface area contributed by atoms with Gasteiger partial charge in [0.05, 0.1) is 11.4 Å². The van der Waals surface area contributed by atoms with Crippen molar-refractivity contribution in [1.82, 2.24) is 9.88 Å². The fourth-order valence-electron chi connectivity index (χ4n) is 2.39. The van der Waals surface area contributed by atoms with Gasteiger partial charge in [-0.1, -0.05) is 12.1 Å². The second-order valence-electron chi connectivity index (χ2n) is 4.77. The highest BCUT2D eigenvalue weighted by atomic mass is 16.2. The number of anilines is 2. The summed E-state index contributed by atoms with van der Waals surface area (Å²) in [6.45, 7) is 1.97. The van der Waals surface area contributed by atoms with Crippen LogP contribution in [0.5, 0.6) is 0 Å². The average molecular weight is 268 g/mol. The molecule has 1 aliphatic rings. The van der Waals surface area contributed by atoms with E-state index in [0.717, 1.165) is 11.3 Å². The van der Waals surface area contributed by atoms with E-state index in [2.05, 4.69) is 4.98 Å². The van der Waals surface area contributed by atoms with E-state index in [4.69, 9.17) is 5.73 Å². The second kappa shape index (κ2) is 5.21. The van der Waals surface area contributed by atoms with Crippen molar-refractivity contribution >= 4 is 17.4 Å². The molecule has 20 heavy (non-hydrogen) atoms. The van der Waals surface area contributed by atoms with Crippen LogP contribution in [0, 0.1) is 0 Å². The smallest absolute Gasteiger partial charge is 0.324 e. The van der Waals surface area contributed by atoms with Crippen LogP contribution < -0.4 is 10.6 Å². The number of urea groups is 1. The third kappa shape index (κ3) is 2.30. The van der Waals surface area contributed by atoms with E-state index in [0.29, 0.717) is 25.3 Å². The summed E-state index contributed by atoms with van der Waals surface area (Å²) in [6, 6.07) is 11.3. The summed E-state index contributed by atoms with van der Waals surface area (Å²) < 4.78 is 0. The molecule has 5 nitrogen and oxygen atoms in total. The van der Waals surface area contributed by atoms with E-state index in [1.807, 2.05) is 41.3 Å². The molecule has 2 aromatic rings. The van der Waals surface area contributed by atoms with Crippen molar-refractivity contribution in [2.75, 3.05) is 23.7 Å². The highest BCUT2D eigenvalue weighted by Gasteiger charge is 2.30. The van der Waals surface area contributed by atoms with Gasteiger partial charge in [-0.2, -0.15) is 0 Å². The van der Waals surface area contributed by atoms with Crippen LogP contribution in [0.25, 0.3) is 0 Å². The fraction of sp³-hybridized carbons (Fsp3) is 0.200. The van der Waals surface area contributed by atoms with Crippen molar-refractivity contribution in [3.8, 4) is 0 Å². The Labute approximate surface area is 117 Å². The minimum atomic E-state index is -0.000266. The average Bonchev–Trinajstić information content (AvgIpc) is 2.82. The molecule has 2 amide bonds. The number of aromatic nitrogens is 1. The zero-order valence-corrected chi connectivity index (χ0v) is 11.1. The maximum Gasteiger partial charge on any atom is 0.324 e. The summed E-state index contributed by atoms with van der Waals surface area (Å²) in [5.74, 6) is 0. The number of carbonyl (C=O) groups is 1. The van der Waals surface area contributed by atoms with Gasteiger partial charge < -0.3 is 10.6 Å². The van der Waals surface area contributed by atoms with Crippen molar-refractivity contribution in [1.29, 1.82) is 0 Å². The maximum absolute atomic E-state index is 12.4. The zero-order valence-electron chi connectivity index (χ0n) is 11.1. The second-order valence-corrected chi connectivity index (χ2v) is 4.77. The van der Waals surface area contributed by atoms with Crippen LogP contribution in [0.4, 0.5) is 16.2 Å². The molecule has 3 rings (SSSR count). The predicted octanol–water partition coefficient (Wildman–Crippen LogP) is 2.11. The van der Waals surface area contributed by atoms with Gasteiger partial charge in [0, 0.05) is 32.0 Å². The molecule has 2 N–H and O–H groups in total. The first kappa shape index (κ1) is 12.5. The minimum absolute atomic E-state index is 0.000266. The lowest BCUT2D eigenvalue weighted by Gasteiger charge is -2.19. The number of nitrogen functional groups attached to an aromatic ring is 1. The molecular weight excluding hydrogens is 252 g/mol.